The SMILES string of the molecule is COc1cc(-c2nnc(SCc3ccc(F)cc3)n2C2CCCCC2)cc(OC)c1OC. The monoisotopic (exact) mass is 457 g/mol. The summed E-state index contributed by atoms with van der Waals surface area (Å²) < 4.78 is 32.1. The van der Waals surface area contributed by atoms with Crippen LogP contribution in [0.1, 0.15) is 43.7 Å². The molecule has 0 saturated heterocycles. The molecule has 0 atom stereocenters. The van der Waals surface area contributed by atoms with Crippen molar-refractivity contribution in [3.8, 4) is 28.6 Å². The van der Waals surface area contributed by atoms with E-state index in [1.165, 1.54) is 31.4 Å². The zero-order chi connectivity index (χ0) is 22.5. The molecule has 1 aliphatic rings. The Hall–Kier alpha value is -2.74. The molecule has 1 aliphatic carbocycles. The highest BCUT2D eigenvalue weighted by atomic mass is 32.2. The van der Waals surface area contributed by atoms with E-state index in [1.54, 1.807) is 33.1 Å². The zero-order valence-corrected chi connectivity index (χ0v) is 19.5. The number of hydrogen-bond donors (Lipinski definition) is 0. The topological polar surface area (TPSA) is 58.4 Å². The van der Waals surface area contributed by atoms with Crippen LogP contribution < -0.4 is 14.2 Å². The first kappa shape index (κ1) is 22.5. The number of methoxy groups -OCH3 is 3. The summed E-state index contributed by atoms with van der Waals surface area (Å²) in [4.78, 5) is 0. The van der Waals surface area contributed by atoms with E-state index in [0.717, 1.165) is 34.9 Å². The number of nitrogens with zero attached hydrogens (tertiary/aromatic N) is 3. The fraction of sp³-hybridized carbons (Fsp3) is 0.417. The van der Waals surface area contributed by atoms with Gasteiger partial charge in [0.15, 0.2) is 22.5 Å². The first-order valence-corrected chi connectivity index (χ1v) is 11.8. The van der Waals surface area contributed by atoms with Crippen LogP contribution in [0.4, 0.5) is 4.39 Å². The van der Waals surface area contributed by atoms with Crippen molar-refractivity contribution < 1.29 is 18.6 Å². The minimum atomic E-state index is -0.228. The number of halogens is 1. The van der Waals surface area contributed by atoms with Gasteiger partial charge in [0, 0.05) is 17.4 Å². The summed E-state index contributed by atoms with van der Waals surface area (Å²) >= 11 is 1.62. The molecule has 1 heterocycles. The number of hydrogen-bond acceptors (Lipinski definition) is 6. The lowest BCUT2D eigenvalue weighted by molar-refractivity contribution is 0.324. The maximum absolute atomic E-state index is 13.3. The van der Waals surface area contributed by atoms with Crippen LogP contribution in [0.5, 0.6) is 17.2 Å². The van der Waals surface area contributed by atoms with Crippen molar-refractivity contribution in [2.24, 2.45) is 0 Å². The summed E-state index contributed by atoms with van der Waals surface area (Å²) in [5.74, 6) is 2.97. The predicted octanol–water partition coefficient (Wildman–Crippen LogP) is 5.91. The maximum Gasteiger partial charge on any atom is 0.203 e. The summed E-state index contributed by atoms with van der Waals surface area (Å²) in [5, 5.41) is 9.98. The van der Waals surface area contributed by atoms with E-state index in [-0.39, 0.29) is 5.82 Å². The lowest BCUT2D eigenvalue weighted by Crippen LogP contribution is -2.15. The molecule has 0 N–H and O–H groups in total. The molecule has 0 aliphatic heterocycles. The largest absolute Gasteiger partial charge is 0.493 e. The Morgan fingerprint density at radius 2 is 1.59 bits per heavy atom. The molecule has 3 aromatic rings. The maximum atomic E-state index is 13.3. The Bertz CT molecular complexity index is 1020. The van der Waals surface area contributed by atoms with Crippen LogP contribution in [-0.2, 0) is 5.75 Å². The molecule has 0 amide bonds. The normalized spacial score (nSPS) is 14.4. The number of ether oxygens (including phenoxy) is 3. The van der Waals surface area contributed by atoms with Crippen LogP contribution in [-0.4, -0.2) is 36.1 Å². The average Bonchev–Trinajstić information content (AvgIpc) is 3.27. The van der Waals surface area contributed by atoms with Crippen molar-refractivity contribution in [3.05, 3.63) is 47.8 Å². The van der Waals surface area contributed by atoms with Crippen molar-refractivity contribution in [2.45, 2.75) is 49.1 Å². The van der Waals surface area contributed by atoms with Crippen LogP contribution >= 0.6 is 11.8 Å². The van der Waals surface area contributed by atoms with Crippen LogP contribution in [0.2, 0.25) is 0 Å². The van der Waals surface area contributed by atoms with Crippen LogP contribution in [0, 0.1) is 5.82 Å². The van der Waals surface area contributed by atoms with Gasteiger partial charge < -0.3 is 14.2 Å². The highest BCUT2D eigenvalue weighted by Crippen LogP contribution is 2.43. The highest BCUT2D eigenvalue weighted by Gasteiger charge is 2.25. The van der Waals surface area contributed by atoms with E-state index in [4.69, 9.17) is 14.2 Å². The Morgan fingerprint density at radius 1 is 0.938 bits per heavy atom. The molecular formula is C24H28FN3O3S. The molecule has 0 spiro atoms. The second-order valence-corrected chi connectivity index (χ2v) is 8.74. The van der Waals surface area contributed by atoms with Crippen molar-refractivity contribution in [1.82, 2.24) is 14.8 Å². The second-order valence-electron chi connectivity index (χ2n) is 7.80. The molecule has 6 nitrogen and oxygen atoms in total. The lowest BCUT2D eigenvalue weighted by atomic mass is 9.95. The van der Waals surface area contributed by atoms with E-state index in [1.807, 2.05) is 24.3 Å². The van der Waals surface area contributed by atoms with E-state index >= 15 is 0 Å². The molecule has 8 heteroatoms. The second kappa shape index (κ2) is 10.3. The molecule has 0 unspecified atom stereocenters. The first-order chi connectivity index (χ1) is 15.6. The van der Waals surface area contributed by atoms with Crippen LogP contribution in [0.15, 0.2) is 41.6 Å². The van der Waals surface area contributed by atoms with Gasteiger partial charge in [-0.3, -0.25) is 4.57 Å². The molecule has 32 heavy (non-hydrogen) atoms. The van der Waals surface area contributed by atoms with Crippen molar-refractivity contribution in [1.29, 1.82) is 0 Å². The van der Waals surface area contributed by atoms with Gasteiger partial charge in [-0.15, -0.1) is 10.2 Å². The molecule has 1 aromatic heterocycles. The molecule has 0 bridgehead atoms. The first-order valence-electron chi connectivity index (χ1n) is 10.8. The van der Waals surface area contributed by atoms with E-state index in [0.29, 0.717) is 29.0 Å². The average molecular weight is 458 g/mol. The number of rotatable bonds is 8. The van der Waals surface area contributed by atoms with Gasteiger partial charge in [-0.2, -0.15) is 0 Å². The Balaban J connectivity index is 1.72. The summed E-state index contributed by atoms with van der Waals surface area (Å²) in [6.07, 6.45) is 5.84. The van der Waals surface area contributed by atoms with E-state index in [2.05, 4.69) is 14.8 Å². The quantitative estimate of drug-likeness (QED) is 0.392. The summed E-state index contributed by atoms with van der Waals surface area (Å²) in [6, 6.07) is 10.8. The number of thioether (sulfide) groups is 1. The standard InChI is InChI=1S/C24H28FN3O3S/c1-29-20-13-17(14-21(30-2)22(20)31-3)23-26-27-24(28(23)19-7-5-4-6-8-19)32-15-16-9-11-18(25)12-10-16/h9-14,19H,4-8,15H2,1-3H3. The minimum Gasteiger partial charge on any atom is -0.493 e. The molecule has 1 fully saturated rings. The van der Waals surface area contributed by atoms with Gasteiger partial charge >= 0.3 is 0 Å². The zero-order valence-electron chi connectivity index (χ0n) is 18.6. The third-order valence-corrected chi connectivity index (χ3v) is 6.82. The Kier molecular flexibility index (Phi) is 7.19. The summed E-state index contributed by atoms with van der Waals surface area (Å²) in [7, 11) is 4.81. The van der Waals surface area contributed by atoms with Crippen LogP contribution in [0.3, 0.4) is 0 Å². The predicted molar refractivity (Wildman–Crippen MR) is 123 cm³/mol. The molecule has 4 rings (SSSR count). The molecule has 2 aromatic carbocycles. The van der Waals surface area contributed by atoms with Gasteiger partial charge in [0.25, 0.3) is 0 Å². The summed E-state index contributed by atoms with van der Waals surface area (Å²) in [5.41, 5.74) is 1.91. The highest BCUT2D eigenvalue weighted by molar-refractivity contribution is 7.98. The molecule has 0 radical (unpaired) electrons. The minimum absolute atomic E-state index is 0.228. The van der Waals surface area contributed by atoms with Gasteiger partial charge in [0.2, 0.25) is 5.75 Å². The van der Waals surface area contributed by atoms with E-state index in [9.17, 15) is 4.39 Å². The van der Waals surface area contributed by atoms with Crippen molar-refractivity contribution >= 4 is 11.8 Å². The van der Waals surface area contributed by atoms with Gasteiger partial charge in [0.1, 0.15) is 5.82 Å². The molecule has 170 valence electrons. The van der Waals surface area contributed by atoms with Crippen LogP contribution in [0.25, 0.3) is 11.4 Å². The summed E-state index contributed by atoms with van der Waals surface area (Å²) in [6.45, 7) is 0. The smallest absolute Gasteiger partial charge is 0.203 e. The third-order valence-electron chi connectivity index (χ3n) is 5.81. The fourth-order valence-electron chi connectivity index (χ4n) is 4.18. The van der Waals surface area contributed by atoms with Crippen molar-refractivity contribution in [2.75, 3.05) is 21.3 Å². The van der Waals surface area contributed by atoms with Gasteiger partial charge in [-0.1, -0.05) is 43.2 Å². The number of aromatic nitrogens is 3. The van der Waals surface area contributed by atoms with E-state index < -0.39 is 0 Å². The lowest BCUT2D eigenvalue weighted by Gasteiger charge is -2.26. The Labute approximate surface area is 192 Å². The Morgan fingerprint density at radius 3 is 2.19 bits per heavy atom. The molecular weight excluding hydrogens is 429 g/mol. The fourth-order valence-corrected chi connectivity index (χ4v) is 5.14. The van der Waals surface area contributed by atoms with Gasteiger partial charge in [-0.05, 0) is 42.7 Å². The van der Waals surface area contributed by atoms with Gasteiger partial charge in [0.05, 0.1) is 21.3 Å². The van der Waals surface area contributed by atoms with Gasteiger partial charge in [-0.25, -0.2) is 4.39 Å². The molecule has 1 saturated carbocycles. The third kappa shape index (κ3) is 4.70. The number of benzene rings is 2. The van der Waals surface area contributed by atoms with Crippen molar-refractivity contribution in [3.63, 3.8) is 0 Å².